The van der Waals surface area contributed by atoms with E-state index in [2.05, 4.69) is 84.9 Å². The van der Waals surface area contributed by atoms with Gasteiger partial charge in [0.25, 0.3) is 0 Å². The van der Waals surface area contributed by atoms with Crippen LogP contribution >= 0.6 is 0 Å². The number of aromatic nitrogens is 1. The fraction of sp³-hybridized carbons (Fsp3) is 0. The van der Waals surface area contributed by atoms with Crippen LogP contribution < -0.4 is 0 Å². The van der Waals surface area contributed by atoms with Gasteiger partial charge in [-0.25, -0.2) is 9.37 Å². The van der Waals surface area contributed by atoms with Crippen molar-refractivity contribution >= 4 is 54.4 Å². The maximum atomic E-state index is 13.9. The van der Waals surface area contributed by atoms with Crippen LogP contribution in [0.2, 0.25) is 0 Å². The van der Waals surface area contributed by atoms with Gasteiger partial charge >= 0.3 is 0 Å². The molecule has 0 fully saturated rings. The average molecular weight is 591 g/mol. The minimum Gasteiger partial charge on any atom is -0.456 e. The smallest absolute Gasteiger partial charge is 0.135 e. The molecule has 9 rings (SSSR count). The Balaban J connectivity index is 1.23. The molecule has 0 bridgehead atoms. The van der Waals surface area contributed by atoms with Crippen molar-refractivity contribution in [2.45, 2.75) is 0 Å². The third kappa shape index (κ3) is 4.07. The number of para-hydroxylation sites is 1. The number of nitriles is 1. The number of nitrogens with zero attached hydrogens (tertiary/aromatic N) is 2. The number of rotatable bonds is 3. The van der Waals surface area contributed by atoms with Gasteiger partial charge in [-0.3, -0.25) is 0 Å². The molecule has 3 nitrogen and oxygen atoms in total. The van der Waals surface area contributed by atoms with Crippen LogP contribution in [0, 0.1) is 17.1 Å². The molecule has 2 heterocycles. The molecule has 2 aromatic heterocycles. The van der Waals surface area contributed by atoms with Crippen molar-refractivity contribution in [3.63, 3.8) is 0 Å². The molecule has 214 valence electrons. The Kier molecular flexibility index (Phi) is 5.75. The highest BCUT2D eigenvalue weighted by Crippen LogP contribution is 2.42. The van der Waals surface area contributed by atoms with Crippen LogP contribution in [0.3, 0.4) is 0 Å². The maximum Gasteiger partial charge on any atom is 0.135 e. The van der Waals surface area contributed by atoms with Crippen molar-refractivity contribution in [3.05, 3.63) is 151 Å². The summed E-state index contributed by atoms with van der Waals surface area (Å²) in [6.07, 6.45) is 0. The van der Waals surface area contributed by atoms with Gasteiger partial charge in [0.15, 0.2) is 0 Å². The summed E-state index contributed by atoms with van der Waals surface area (Å²) >= 11 is 0. The van der Waals surface area contributed by atoms with Crippen molar-refractivity contribution < 1.29 is 8.81 Å². The van der Waals surface area contributed by atoms with Gasteiger partial charge in [0.2, 0.25) is 0 Å². The second-order valence-electron chi connectivity index (χ2n) is 11.6. The average Bonchev–Trinajstić information content (AvgIpc) is 3.48. The minimum atomic E-state index is -0.271. The highest BCUT2D eigenvalue weighted by Gasteiger charge is 2.17. The third-order valence-electron chi connectivity index (χ3n) is 8.95. The van der Waals surface area contributed by atoms with E-state index < -0.39 is 0 Å². The number of pyridine rings is 1. The summed E-state index contributed by atoms with van der Waals surface area (Å²) in [5.41, 5.74) is 9.14. The summed E-state index contributed by atoms with van der Waals surface area (Å²) in [6.45, 7) is 0. The number of halogens is 1. The highest BCUT2D eigenvalue weighted by atomic mass is 19.1. The molecule has 0 aliphatic carbocycles. The van der Waals surface area contributed by atoms with Crippen LogP contribution in [-0.2, 0) is 0 Å². The molecule has 0 spiro atoms. The first kappa shape index (κ1) is 26.1. The van der Waals surface area contributed by atoms with Gasteiger partial charge in [0.05, 0.1) is 22.8 Å². The molecule has 0 saturated heterocycles. The Morgan fingerprint density at radius 2 is 1.15 bits per heavy atom. The van der Waals surface area contributed by atoms with Crippen LogP contribution in [0.25, 0.3) is 87.9 Å². The molecule has 4 heteroatoms. The topological polar surface area (TPSA) is 49.8 Å². The van der Waals surface area contributed by atoms with Gasteiger partial charge < -0.3 is 4.42 Å². The number of hydrogen-bond donors (Lipinski definition) is 0. The molecule has 0 N–H and O–H groups in total. The van der Waals surface area contributed by atoms with Crippen LogP contribution in [0.1, 0.15) is 5.56 Å². The Morgan fingerprint density at radius 1 is 0.522 bits per heavy atom. The molecule has 0 atom stereocenters. The molecular weight excluding hydrogens is 567 g/mol. The molecule has 7 aromatic carbocycles. The summed E-state index contributed by atoms with van der Waals surface area (Å²) in [6, 6.07) is 48.1. The fourth-order valence-electron chi connectivity index (χ4n) is 6.75. The molecule has 0 aliphatic rings. The molecule has 0 aliphatic heterocycles. The first-order valence-corrected chi connectivity index (χ1v) is 15.1. The van der Waals surface area contributed by atoms with Gasteiger partial charge in [0.1, 0.15) is 17.0 Å². The minimum absolute atomic E-state index is 0.271. The van der Waals surface area contributed by atoms with E-state index in [0.29, 0.717) is 5.56 Å². The Bertz CT molecular complexity index is 2700. The van der Waals surface area contributed by atoms with Crippen molar-refractivity contribution in [3.8, 4) is 39.6 Å². The summed E-state index contributed by atoms with van der Waals surface area (Å²) < 4.78 is 20.0. The molecule has 0 saturated carbocycles. The zero-order valence-electron chi connectivity index (χ0n) is 24.5. The van der Waals surface area contributed by atoms with Crippen molar-refractivity contribution in [1.29, 1.82) is 5.26 Å². The van der Waals surface area contributed by atoms with Gasteiger partial charge in [-0.2, -0.15) is 5.26 Å². The normalized spacial score (nSPS) is 11.6. The number of furan rings is 1. The monoisotopic (exact) mass is 590 g/mol. The van der Waals surface area contributed by atoms with E-state index in [-0.39, 0.29) is 5.82 Å². The molecule has 9 aromatic rings. The van der Waals surface area contributed by atoms with Crippen molar-refractivity contribution in [2.75, 3.05) is 0 Å². The third-order valence-corrected chi connectivity index (χ3v) is 8.95. The Morgan fingerprint density at radius 3 is 1.93 bits per heavy atom. The van der Waals surface area contributed by atoms with Crippen molar-refractivity contribution in [1.82, 2.24) is 4.98 Å². The van der Waals surface area contributed by atoms with E-state index in [1.165, 1.54) is 12.1 Å². The van der Waals surface area contributed by atoms with Gasteiger partial charge in [-0.1, -0.05) is 72.8 Å². The molecule has 0 radical (unpaired) electrons. The Hall–Kier alpha value is -6.31. The summed E-state index contributed by atoms with van der Waals surface area (Å²) in [5.74, 6) is -0.271. The van der Waals surface area contributed by atoms with Crippen LogP contribution in [0.4, 0.5) is 4.39 Å². The largest absolute Gasteiger partial charge is 0.456 e. The SMILES string of the molecule is N#Cc1ccc2oc3ccc(-c4ccc(-c5cc6c(-c7ccc(F)cc7)nc7ccccc7c6c6ccccc56)cc4)cc3c2c1. The summed E-state index contributed by atoms with van der Waals surface area (Å²) in [5, 5.41) is 16.9. The number of fused-ring (bicyclic) bond motifs is 8. The quantitative estimate of drug-likeness (QED) is 0.192. The molecule has 0 amide bonds. The van der Waals surface area contributed by atoms with Gasteiger partial charge in [0, 0.05) is 32.5 Å². The maximum absolute atomic E-state index is 13.9. The number of hydrogen-bond acceptors (Lipinski definition) is 3. The van der Waals surface area contributed by atoms with E-state index in [0.717, 1.165) is 87.9 Å². The van der Waals surface area contributed by atoms with Crippen LogP contribution in [0.5, 0.6) is 0 Å². The van der Waals surface area contributed by atoms with E-state index in [1.807, 2.05) is 30.3 Å². The second-order valence-corrected chi connectivity index (χ2v) is 11.6. The lowest BCUT2D eigenvalue weighted by Crippen LogP contribution is -1.93. The number of benzene rings is 7. The summed E-state index contributed by atoms with van der Waals surface area (Å²) in [7, 11) is 0. The van der Waals surface area contributed by atoms with Crippen LogP contribution in [-0.4, -0.2) is 4.98 Å². The Labute approximate surface area is 263 Å². The first-order valence-electron chi connectivity index (χ1n) is 15.1. The van der Waals surface area contributed by atoms with Gasteiger partial charge in [-0.05, 0) is 99.8 Å². The van der Waals surface area contributed by atoms with E-state index >= 15 is 0 Å². The zero-order valence-corrected chi connectivity index (χ0v) is 24.5. The summed E-state index contributed by atoms with van der Waals surface area (Å²) in [4.78, 5) is 5.10. The molecule has 0 unspecified atom stereocenters. The zero-order chi connectivity index (χ0) is 30.8. The molecule has 46 heavy (non-hydrogen) atoms. The van der Waals surface area contributed by atoms with E-state index in [9.17, 15) is 9.65 Å². The van der Waals surface area contributed by atoms with E-state index in [1.54, 1.807) is 18.2 Å². The fourth-order valence-corrected chi connectivity index (χ4v) is 6.75. The standard InChI is InChI=1S/C42H23FN2O/c43-30-17-14-28(15-18-30)42-37-23-34(31-5-1-2-6-32(31)41(37)33-7-3-4-8-38(33)45-42)27-12-10-26(11-13-27)29-16-20-40-36(22-29)35-21-25(24-44)9-19-39(35)46-40/h1-23H. The first-order chi connectivity index (χ1) is 22.6. The lowest BCUT2D eigenvalue weighted by Gasteiger charge is -2.16. The lowest BCUT2D eigenvalue weighted by atomic mass is 9.89. The van der Waals surface area contributed by atoms with Crippen molar-refractivity contribution in [2.24, 2.45) is 0 Å². The highest BCUT2D eigenvalue weighted by molar-refractivity contribution is 6.25. The predicted molar refractivity (Wildman–Crippen MR) is 185 cm³/mol. The lowest BCUT2D eigenvalue weighted by molar-refractivity contribution is 0.628. The molecular formula is C42H23FN2O. The van der Waals surface area contributed by atoms with Crippen LogP contribution in [0.15, 0.2) is 144 Å². The predicted octanol–water partition coefficient (Wildman–Crippen LogP) is 11.5. The van der Waals surface area contributed by atoms with Gasteiger partial charge in [-0.15, -0.1) is 0 Å². The second kappa shape index (κ2) is 10.1. The van der Waals surface area contributed by atoms with E-state index in [4.69, 9.17) is 9.40 Å².